The monoisotopic (exact) mass is 441 g/mol. The van der Waals surface area contributed by atoms with Crippen molar-refractivity contribution in [3.05, 3.63) is 59.2 Å². The summed E-state index contributed by atoms with van der Waals surface area (Å²) in [5.74, 6) is -0.669. The Balaban J connectivity index is 1.38. The van der Waals surface area contributed by atoms with Gasteiger partial charge in [-0.2, -0.15) is 0 Å². The number of carboxylic acids is 1. The minimum Gasteiger partial charge on any atom is -0.489 e. The van der Waals surface area contributed by atoms with Gasteiger partial charge in [-0.1, -0.05) is 23.9 Å². The van der Waals surface area contributed by atoms with Crippen molar-refractivity contribution in [2.24, 2.45) is 0 Å². The van der Waals surface area contributed by atoms with Crippen molar-refractivity contribution in [2.45, 2.75) is 30.6 Å². The summed E-state index contributed by atoms with van der Waals surface area (Å²) in [5.41, 5.74) is 0.294. The van der Waals surface area contributed by atoms with Crippen LogP contribution in [0.25, 0.3) is 0 Å². The number of thioether (sulfide) groups is 1. The number of benzene rings is 2. The van der Waals surface area contributed by atoms with E-state index in [0.717, 1.165) is 17.3 Å². The molecule has 2 aromatic carbocycles. The van der Waals surface area contributed by atoms with Crippen LogP contribution in [0.2, 0.25) is 0 Å². The molecule has 0 bridgehead atoms. The molecule has 1 saturated heterocycles. The molecule has 0 saturated carbocycles. The molecule has 2 aromatic rings. The number of hydrogen-bond donors (Lipinski definition) is 2. The molecule has 2 amide bonds. The molecule has 0 spiro atoms. The zero-order chi connectivity index (χ0) is 22.2. The normalized spacial score (nSPS) is 22.5. The highest BCUT2D eigenvalue weighted by Crippen LogP contribution is 2.34. The molecule has 2 N–H and O–H groups in total. The second-order valence-corrected chi connectivity index (χ2v) is 8.86. The van der Waals surface area contributed by atoms with Crippen LogP contribution >= 0.6 is 11.8 Å². The zero-order valence-electron chi connectivity index (χ0n) is 16.5. The van der Waals surface area contributed by atoms with Gasteiger partial charge in [0.2, 0.25) is 5.91 Å². The molecule has 1 fully saturated rings. The molecule has 0 radical (unpaired) electrons. The fourth-order valence-corrected chi connectivity index (χ4v) is 4.35. The van der Waals surface area contributed by atoms with Gasteiger partial charge in [0.1, 0.15) is 23.7 Å². The summed E-state index contributed by atoms with van der Waals surface area (Å²) in [5, 5.41) is 10.6. The summed E-state index contributed by atoms with van der Waals surface area (Å²) in [6.45, 7) is 1.88. The van der Waals surface area contributed by atoms with Crippen LogP contribution in [0.15, 0.2) is 42.5 Å². The summed E-state index contributed by atoms with van der Waals surface area (Å²) in [7, 11) is 0. The summed E-state index contributed by atoms with van der Waals surface area (Å²) >= 11 is 0.986. The van der Waals surface area contributed by atoms with Gasteiger partial charge in [-0.15, -0.1) is 0 Å². The highest BCUT2D eigenvalue weighted by Gasteiger charge is 2.38. The van der Waals surface area contributed by atoms with Crippen molar-refractivity contribution in [2.75, 3.05) is 6.61 Å². The molecule has 2 atom stereocenters. The smallest absolute Gasteiger partial charge is 0.335 e. The van der Waals surface area contributed by atoms with Crippen molar-refractivity contribution in [1.82, 2.24) is 5.32 Å². The van der Waals surface area contributed by atoms with E-state index in [0.29, 0.717) is 17.9 Å². The average Bonchev–Trinajstić information content (AvgIpc) is 3.04. The first kappa shape index (κ1) is 20.9. The Hall–Kier alpha value is -3.33. The molecule has 31 heavy (non-hydrogen) atoms. The predicted molar refractivity (Wildman–Crippen MR) is 112 cm³/mol. The van der Waals surface area contributed by atoms with E-state index < -0.39 is 16.8 Å². The topological polar surface area (TPSA) is 119 Å². The average molecular weight is 441 g/mol. The molecule has 2 aliphatic heterocycles. The van der Waals surface area contributed by atoms with Crippen LogP contribution in [-0.4, -0.2) is 45.5 Å². The second-order valence-electron chi connectivity index (χ2n) is 7.69. The summed E-state index contributed by atoms with van der Waals surface area (Å²) in [4.78, 5) is 46.6. The molecule has 4 rings (SSSR count). The maximum absolute atomic E-state index is 12.6. The third-order valence-corrected chi connectivity index (χ3v) is 6.05. The van der Waals surface area contributed by atoms with Gasteiger partial charge < -0.3 is 14.6 Å². The Morgan fingerprint density at radius 3 is 2.61 bits per heavy atom. The number of fused-ring (bicyclic) bond motifs is 1. The molecule has 0 aliphatic carbocycles. The van der Waals surface area contributed by atoms with Crippen LogP contribution in [-0.2, 0) is 11.2 Å². The number of nitrogens with one attached hydrogen (secondary N) is 1. The summed E-state index contributed by atoms with van der Waals surface area (Å²) in [6.07, 6.45) is 0.496. The molecule has 2 unspecified atom stereocenters. The van der Waals surface area contributed by atoms with Gasteiger partial charge in [-0.05, 0) is 49.2 Å². The lowest BCUT2D eigenvalue weighted by atomic mass is 9.91. The highest BCUT2D eigenvalue weighted by atomic mass is 32.2. The fourth-order valence-electron chi connectivity index (χ4n) is 3.49. The van der Waals surface area contributed by atoms with Crippen molar-refractivity contribution in [1.29, 1.82) is 0 Å². The molecule has 0 aromatic heterocycles. The van der Waals surface area contributed by atoms with Gasteiger partial charge in [0.05, 0.1) is 22.8 Å². The third-order valence-electron chi connectivity index (χ3n) is 5.07. The first-order chi connectivity index (χ1) is 14.7. The number of carboxylic acid groups (broad SMARTS) is 1. The number of imide groups is 1. The van der Waals surface area contributed by atoms with Gasteiger partial charge in [0.25, 0.3) is 5.24 Å². The van der Waals surface area contributed by atoms with Crippen LogP contribution in [0.3, 0.4) is 0 Å². The van der Waals surface area contributed by atoms with Crippen LogP contribution < -0.4 is 14.8 Å². The van der Waals surface area contributed by atoms with Gasteiger partial charge in [-0.3, -0.25) is 19.7 Å². The number of ketones is 1. The number of rotatable bonds is 6. The predicted octanol–water partition coefficient (Wildman–Crippen LogP) is 3.08. The Morgan fingerprint density at radius 1 is 1.23 bits per heavy atom. The van der Waals surface area contributed by atoms with Crippen LogP contribution in [0.5, 0.6) is 11.5 Å². The zero-order valence-corrected chi connectivity index (χ0v) is 17.4. The maximum atomic E-state index is 12.6. The fraction of sp³-hybridized carbons (Fsp3) is 0.273. The lowest BCUT2D eigenvalue weighted by Crippen LogP contribution is -2.44. The van der Waals surface area contributed by atoms with E-state index >= 15 is 0 Å². The van der Waals surface area contributed by atoms with Gasteiger partial charge in [0, 0.05) is 0 Å². The number of amides is 2. The maximum Gasteiger partial charge on any atom is 0.335 e. The lowest BCUT2D eigenvalue weighted by molar-refractivity contribution is -0.118. The summed E-state index contributed by atoms with van der Waals surface area (Å²) in [6, 6.07) is 11.4. The number of carbonyl (C=O) groups is 4. The van der Waals surface area contributed by atoms with Crippen molar-refractivity contribution in [3.63, 3.8) is 0 Å². The molecule has 2 heterocycles. The molecule has 2 aliphatic rings. The molecule has 160 valence electrons. The van der Waals surface area contributed by atoms with Gasteiger partial charge in [-0.25, -0.2) is 4.79 Å². The quantitative estimate of drug-likeness (QED) is 0.702. The largest absolute Gasteiger partial charge is 0.489 e. The van der Waals surface area contributed by atoms with Gasteiger partial charge >= 0.3 is 5.97 Å². The first-order valence-corrected chi connectivity index (χ1v) is 10.4. The minimum absolute atomic E-state index is 0.0356. The second kappa shape index (κ2) is 8.07. The number of hydrogen-bond acceptors (Lipinski definition) is 7. The SMILES string of the molecule is CC1(COc2ccc(CC3SC(=O)NC3=O)cc2)CC(=O)c2cc(C(=O)O)ccc2O1. The number of aromatic carboxylic acids is 1. The van der Waals surface area contributed by atoms with E-state index in [4.69, 9.17) is 14.6 Å². The Bertz CT molecular complexity index is 1080. The van der Waals surface area contributed by atoms with E-state index in [-0.39, 0.29) is 41.1 Å². The van der Waals surface area contributed by atoms with Crippen molar-refractivity contribution in [3.8, 4) is 11.5 Å². The van der Waals surface area contributed by atoms with E-state index in [1.54, 1.807) is 19.1 Å². The van der Waals surface area contributed by atoms with E-state index in [1.807, 2.05) is 12.1 Å². The van der Waals surface area contributed by atoms with Crippen molar-refractivity contribution >= 4 is 34.7 Å². The van der Waals surface area contributed by atoms with Crippen LogP contribution in [0, 0.1) is 0 Å². The van der Waals surface area contributed by atoms with E-state index in [1.165, 1.54) is 18.2 Å². The van der Waals surface area contributed by atoms with Gasteiger partial charge in [0.15, 0.2) is 5.78 Å². The standard InChI is InChI=1S/C22H19NO7S/c1-22(10-16(24)15-9-13(20(26)27)4-7-17(15)30-22)11-29-14-5-2-12(3-6-14)8-18-19(25)23-21(28)31-18/h2-7,9,18H,8,10-11H2,1H3,(H,26,27)(H,23,25,28). The Kier molecular flexibility index (Phi) is 5.45. The van der Waals surface area contributed by atoms with Crippen LogP contribution in [0.4, 0.5) is 4.79 Å². The third kappa shape index (κ3) is 4.56. The lowest BCUT2D eigenvalue weighted by Gasteiger charge is -2.34. The van der Waals surface area contributed by atoms with Crippen molar-refractivity contribution < 1.29 is 33.8 Å². The minimum atomic E-state index is -1.10. The molecule has 8 nitrogen and oxygen atoms in total. The molecule has 9 heteroatoms. The van der Waals surface area contributed by atoms with E-state index in [9.17, 15) is 19.2 Å². The number of ether oxygens (including phenoxy) is 2. The molecular weight excluding hydrogens is 422 g/mol. The summed E-state index contributed by atoms with van der Waals surface area (Å²) < 4.78 is 11.8. The molecular formula is C22H19NO7S. The number of carbonyl (C=O) groups excluding carboxylic acids is 3. The van der Waals surface area contributed by atoms with Crippen LogP contribution in [0.1, 0.15) is 39.6 Å². The highest BCUT2D eigenvalue weighted by molar-refractivity contribution is 8.15. The number of Topliss-reactive ketones (excluding diaryl/α,β-unsaturated/α-hetero) is 1. The first-order valence-electron chi connectivity index (χ1n) is 9.55. The van der Waals surface area contributed by atoms with E-state index in [2.05, 4.69) is 5.32 Å². The Labute approximate surface area is 181 Å². The Morgan fingerprint density at radius 2 is 1.97 bits per heavy atom.